The Bertz CT molecular complexity index is 3880. The summed E-state index contributed by atoms with van der Waals surface area (Å²) in [5.41, 5.74) is 15.7. The van der Waals surface area contributed by atoms with E-state index in [1.54, 1.807) is 0 Å². The van der Waals surface area contributed by atoms with Crippen LogP contribution in [0.2, 0.25) is 0 Å². The number of nitrogens with zero attached hydrogens (tertiary/aromatic N) is 6. The smallest absolute Gasteiger partial charge is 0.238 e. The number of pyridine rings is 1. The Kier molecular flexibility index (Phi) is 9.53. The minimum Gasteiger partial charge on any atom is -0.307 e. The number of para-hydroxylation sites is 2. The van der Waals surface area contributed by atoms with Crippen LogP contribution in [-0.2, 0) is 0 Å². The topological polar surface area (TPSA) is 61.4 Å². The van der Waals surface area contributed by atoms with E-state index in [-0.39, 0.29) is 0 Å². The summed E-state index contributed by atoms with van der Waals surface area (Å²) < 4.78 is 4.69. The van der Waals surface area contributed by atoms with Crippen LogP contribution in [0.25, 0.3) is 117 Å². The second-order valence-corrected chi connectivity index (χ2v) is 17.3. The summed E-state index contributed by atoms with van der Waals surface area (Å²) in [5, 5.41) is 4.56. The van der Waals surface area contributed by atoms with Crippen LogP contribution < -0.4 is 0 Å². The molecule has 0 N–H and O–H groups in total. The average molecular weight is 871 g/mol. The fourth-order valence-electron chi connectivity index (χ4n) is 10.0. The zero-order valence-electron chi connectivity index (χ0n) is 37.0. The molecule has 6 nitrogen and oxygen atoms in total. The Morgan fingerprint density at radius 2 is 0.882 bits per heavy atom. The van der Waals surface area contributed by atoms with E-state index in [9.17, 15) is 0 Å². The first-order valence-electron chi connectivity index (χ1n) is 23.2. The molecule has 0 spiro atoms. The predicted octanol–water partition coefficient (Wildman–Crippen LogP) is 15.5. The van der Waals surface area contributed by atoms with Crippen molar-refractivity contribution >= 4 is 49.2 Å². The van der Waals surface area contributed by atoms with E-state index in [0.717, 1.165) is 107 Å². The van der Waals surface area contributed by atoms with Crippen LogP contribution in [0.3, 0.4) is 0 Å². The maximum absolute atomic E-state index is 5.47. The van der Waals surface area contributed by atoms with Crippen molar-refractivity contribution in [2.75, 3.05) is 0 Å². The lowest BCUT2D eigenvalue weighted by atomic mass is 9.95. The molecule has 0 atom stereocenters. The highest BCUT2D eigenvalue weighted by Gasteiger charge is 2.24. The lowest BCUT2D eigenvalue weighted by molar-refractivity contribution is 0.953. The lowest BCUT2D eigenvalue weighted by Crippen LogP contribution is -2.08. The largest absolute Gasteiger partial charge is 0.307 e. The highest BCUT2D eigenvalue weighted by molar-refractivity contribution is 6.23. The number of allylic oxidation sites excluding steroid dienone is 4. The third-order valence-corrected chi connectivity index (χ3v) is 13.2. The van der Waals surface area contributed by atoms with Gasteiger partial charge in [-0.2, -0.15) is 9.97 Å². The van der Waals surface area contributed by atoms with Crippen molar-refractivity contribution in [2.45, 2.75) is 12.8 Å². The summed E-state index contributed by atoms with van der Waals surface area (Å²) in [6, 6.07) is 74.8. The van der Waals surface area contributed by atoms with E-state index < -0.39 is 0 Å². The van der Waals surface area contributed by atoms with Crippen molar-refractivity contribution in [1.29, 1.82) is 0 Å². The summed E-state index contributed by atoms with van der Waals surface area (Å²) in [4.78, 5) is 21.2. The summed E-state index contributed by atoms with van der Waals surface area (Å²) >= 11 is 0. The maximum Gasteiger partial charge on any atom is 0.238 e. The lowest BCUT2D eigenvalue weighted by Gasteiger charge is -2.15. The van der Waals surface area contributed by atoms with E-state index in [2.05, 4.69) is 209 Å². The second-order valence-electron chi connectivity index (χ2n) is 17.3. The van der Waals surface area contributed by atoms with E-state index in [1.807, 2.05) is 30.3 Å². The fourth-order valence-corrected chi connectivity index (χ4v) is 10.0. The number of hydrogen-bond acceptors (Lipinski definition) is 4. The van der Waals surface area contributed by atoms with Crippen LogP contribution in [0.1, 0.15) is 18.4 Å². The number of hydrogen-bond donors (Lipinski definition) is 0. The van der Waals surface area contributed by atoms with Gasteiger partial charge in [0.05, 0.1) is 33.5 Å². The Labute approximate surface area is 393 Å². The number of rotatable bonds is 8. The molecule has 4 heterocycles. The van der Waals surface area contributed by atoms with Gasteiger partial charge in [-0.15, -0.1) is 0 Å². The summed E-state index contributed by atoms with van der Waals surface area (Å²) in [5.74, 6) is 1.80. The standard InChI is InChI=1S/C62H42N6/c1-5-19-42(20-6-1)48-27-13-14-30-53(48)61-64-60(45-25-11-4-12-26-45)65-62(66-61)68-57-32-18-16-29-50(57)52-38-37-51-49-28-15-17-31-56(49)67(58(51)59(52)68)47-35-33-41(34-36-47)46-39-54(43-21-7-2-8-22-43)63-55(40-46)44-23-9-3-10-24-44/h2-5,7-40H,1,6H2. The number of aromatic nitrogens is 6. The van der Waals surface area contributed by atoms with Gasteiger partial charge in [-0.1, -0.05) is 194 Å². The van der Waals surface area contributed by atoms with E-state index in [4.69, 9.17) is 19.9 Å². The van der Waals surface area contributed by atoms with Gasteiger partial charge < -0.3 is 4.57 Å². The molecule has 13 rings (SSSR count). The first kappa shape index (κ1) is 39.4. The van der Waals surface area contributed by atoms with Gasteiger partial charge in [0, 0.05) is 49.5 Å². The van der Waals surface area contributed by atoms with Crippen LogP contribution in [0.15, 0.2) is 231 Å². The monoisotopic (exact) mass is 870 g/mol. The molecule has 1 aliphatic rings. The van der Waals surface area contributed by atoms with E-state index in [0.29, 0.717) is 17.6 Å². The van der Waals surface area contributed by atoms with Crippen molar-refractivity contribution < 1.29 is 0 Å². The number of benzene rings is 8. The van der Waals surface area contributed by atoms with Crippen LogP contribution in [-0.4, -0.2) is 29.1 Å². The first-order chi connectivity index (χ1) is 33.7. The molecular formula is C62H42N6. The van der Waals surface area contributed by atoms with Gasteiger partial charge in [-0.05, 0) is 71.5 Å². The second kappa shape index (κ2) is 16.5. The molecule has 0 aliphatic heterocycles. The zero-order chi connectivity index (χ0) is 45.0. The minimum atomic E-state index is 0.559. The summed E-state index contributed by atoms with van der Waals surface area (Å²) in [7, 11) is 0. The minimum absolute atomic E-state index is 0.559. The van der Waals surface area contributed by atoms with E-state index >= 15 is 0 Å². The molecule has 1 aliphatic carbocycles. The molecule has 320 valence electrons. The van der Waals surface area contributed by atoms with Crippen molar-refractivity contribution in [2.24, 2.45) is 0 Å². The quantitative estimate of drug-likeness (QED) is 0.153. The summed E-state index contributed by atoms with van der Waals surface area (Å²) in [6.07, 6.45) is 8.82. The molecule has 0 saturated heterocycles. The van der Waals surface area contributed by atoms with Crippen LogP contribution in [0.5, 0.6) is 0 Å². The van der Waals surface area contributed by atoms with Crippen molar-refractivity contribution in [1.82, 2.24) is 29.1 Å². The van der Waals surface area contributed by atoms with Gasteiger partial charge >= 0.3 is 0 Å². The van der Waals surface area contributed by atoms with Gasteiger partial charge in [0.25, 0.3) is 0 Å². The zero-order valence-corrected chi connectivity index (χ0v) is 37.0. The molecule has 4 aromatic heterocycles. The molecule has 0 amide bonds. The molecule has 68 heavy (non-hydrogen) atoms. The van der Waals surface area contributed by atoms with Crippen molar-refractivity contribution in [3.8, 4) is 68.1 Å². The maximum atomic E-state index is 5.47. The average Bonchev–Trinajstić information content (AvgIpc) is 3.95. The van der Waals surface area contributed by atoms with Crippen molar-refractivity contribution in [3.05, 3.63) is 236 Å². The predicted molar refractivity (Wildman–Crippen MR) is 280 cm³/mol. The first-order valence-corrected chi connectivity index (χ1v) is 23.2. The normalized spacial score (nSPS) is 12.6. The molecule has 12 aromatic rings. The molecule has 8 aromatic carbocycles. The molecule has 0 bridgehead atoms. The van der Waals surface area contributed by atoms with Gasteiger partial charge in [-0.3, -0.25) is 4.57 Å². The highest BCUT2D eigenvalue weighted by Crippen LogP contribution is 2.42. The highest BCUT2D eigenvalue weighted by atomic mass is 15.2. The Morgan fingerprint density at radius 3 is 1.50 bits per heavy atom. The molecule has 0 radical (unpaired) electrons. The van der Waals surface area contributed by atoms with Crippen LogP contribution in [0, 0.1) is 0 Å². The van der Waals surface area contributed by atoms with Gasteiger partial charge in [0.2, 0.25) is 5.95 Å². The number of fused-ring (bicyclic) bond motifs is 7. The van der Waals surface area contributed by atoms with Gasteiger partial charge in [-0.25, -0.2) is 9.97 Å². The third kappa shape index (κ3) is 6.73. The van der Waals surface area contributed by atoms with Gasteiger partial charge in [0.15, 0.2) is 11.6 Å². The Hall–Kier alpha value is -9.00. The molecular weight excluding hydrogens is 829 g/mol. The molecule has 6 heteroatoms. The third-order valence-electron chi connectivity index (χ3n) is 13.2. The fraction of sp³-hybridized carbons (Fsp3) is 0.0323. The van der Waals surface area contributed by atoms with E-state index in [1.165, 1.54) is 11.0 Å². The molecule has 0 unspecified atom stereocenters. The summed E-state index contributed by atoms with van der Waals surface area (Å²) in [6.45, 7) is 0. The Balaban J connectivity index is 1.05. The van der Waals surface area contributed by atoms with Gasteiger partial charge in [0.1, 0.15) is 0 Å². The molecule has 0 fully saturated rings. The molecule has 0 saturated carbocycles. The SMILES string of the molecule is C1=CC(c2ccccc2-c2nc(-c3ccccc3)nc(-n3c4ccccc4c4ccc5c6ccccc6n(-c6ccc(-c7cc(-c8ccccc8)nc(-c8ccccc8)c7)cc6)c5c43)n2)=CCC1. The van der Waals surface area contributed by atoms with Crippen LogP contribution >= 0.6 is 0 Å². The Morgan fingerprint density at radius 1 is 0.353 bits per heavy atom. The van der Waals surface area contributed by atoms with Crippen LogP contribution in [0.4, 0.5) is 0 Å². The van der Waals surface area contributed by atoms with Crippen molar-refractivity contribution in [3.63, 3.8) is 0 Å².